The van der Waals surface area contributed by atoms with E-state index < -0.39 is 0 Å². The van der Waals surface area contributed by atoms with Crippen molar-refractivity contribution in [3.63, 3.8) is 0 Å². The number of quaternary nitrogens is 1. The van der Waals surface area contributed by atoms with E-state index in [4.69, 9.17) is 4.74 Å². The molecule has 1 heterocycles. The van der Waals surface area contributed by atoms with Crippen molar-refractivity contribution >= 4 is 11.6 Å². The normalized spacial score (nSPS) is 21.7. The first-order valence-corrected chi connectivity index (χ1v) is 7.68. The van der Waals surface area contributed by atoms with Gasteiger partial charge in [0.1, 0.15) is 5.75 Å². The molecule has 0 aromatic heterocycles. The Balaban J connectivity index is 2.08. The van der Waals surface area contributed by atoms with E-state index in [-0.39, 0.29) is 11.9 Å². The Bertz CT molecular complexity index is 490. The predicted octanol–water partition coefficient (Wildman–Crippen LogP) is 0.534. The molecule has 1 fully saturated rings. The molecule has 1 amide bonds. The van der Waals surface area contributed by atoms with Crippen molar-refractivity contribution in [3.05, 3.63) is 23.8 Å². The Morgan fingerprint density at radius 3 is 2.95 bits per heavy atom. The van der Waals surface area contributed by atoms with E-state index >= 15 is 0 Å². The van der Waals surface area contributed by atoms with Crippen LogP contribution in [0.4, 0.5) is 5.69 Å². The molecule has 0 bridgehead atoms. The number of benzene rings is 1. The molecular weight excluding hydrogens is 266 g/mol. The van der Waals surface area contributed by atoms with Gasteiger partial charge in [-0.25, -0.2) is 0 Å². The number of nitrogens with one attached hydrogen (secondary N) is 3. The molecular formula is C16H26N3O2+. The Hall–Kier alpha value is -1.75. The molecule has 2 atom stereocenters. The number of carbonyl (C=O) groups is 1. The highest BCUT2D eigenvalue weighted by molar-refractivity contribution is 5.98. The molecule has 5 nitrogen and oxygen atoms in total. The van der Waals surface area contributed by atoms with E-state index in [0.29, 0.717) is 11.3 Å². The standard InChI is InChI=1S/C16H25N3O2/c1-4-19-9-5-6-13(11-19)18-16(20)14-10-12(17-2)7-8-15(14)21-3/h7-8,10,13,17H,4-6,9,11H2,1-3H3,(H,18,20)/p+1/t13-/m1/s1. The average molecular weight is 292 g/mol. The van der Waals surface area contributed by atoms with Gasteiger partial charge in [0, 0.05) is 12.7 Å². The van der Waals surface area contributed by atoms with E-state index in [1.807, 2.05) is 25.2 Å². The van der Waals surface area contributed by atoms with Crippen LogP contribution < -0.4 is 20.3 Å². The van der Waals surface area contributed by atoms with Crippen molar-refractivity contribution in [2.45, 2.75) is 25.8 Å². The van der Waals surface area contributed by atoms with E-state index in [0.717, 1.165) is 25.2 Å². The van der Waals surface area contributed by atoms with Crippen LogP contribution in [0.5, 0.6) is 5.75 Å². The number of hydrogen-bond donors (Lipinski definition) is 3. The number of anilines is 1. The fraction of sp³-hybridized carbons (Fsp3) is 0.562. The summed E-state index contributed by atoms with van der Waals surface area (Å²) in [4.78, 5) is 14.1. The second kappa shape index (κ2) is 7.31. The van der Waals surface area contributed by atoms with Crippen LogP contribution in [0.3, 0.4) is 0 Å². The maximum atomic E-state index is 12.5. The Morgan fingerprint density at radius 1 is 1.48 bits per heavy atom. The molecule has 1 aromatic rings. The van der Waals surface area contributed by atoms with Crippen molar-refractivity contribution in [2.75, 3.05) is 39.1 Å². The van der Waals surface area contributed by atoms with Gasteiger partial charge in [-0.05, 0) is 38.0 Å². The van der Waals surface area contributed by atoms with Crippen LogP contribution in [0.2, 0.25) is 0 Å². The number of likely N-dealkylation sites (N-methyl/N-ethyl adjacent to an activating group) is 1. The third-order valence-corrected chi connectivity index (χ3v) is 4.19. The van der Waals surface area contributed by atoms with Gasteiger partial charge in [-0.1, -0.05) is 0 Å². The molecule has 5 heteroatoms. The average Bonchev–Trinajstić information content (AvgIpc) is 2.54. The van der Waals surface area contributed by atoms with E-state index in [1.165, 1.54) is 13.0 Å². The van der Waals surface area contributed by atoms with Crippen molar-refractivity contribution < 1.29 is 14.4 Å². The van der Waals surface area contributed by atoms with Gasteiger partial charge in [0.25, 0.3) is 5.91 Å². The summed E-state index contributed by atoms with van der Waals surface area (Å²) in [7, 11) is 3.43. The van der Waals surface area contributed by atoms with E-state index in [1.54, 1.807) is 12.0 Å². The molecule has 1 saturated heterocycles. The third-order valence-electron chi connectivity index (χ3n) is 4.19. The van der Waals surface area contributed by atoms with Crippen LogP contribution in [0.1, 0.15) is 30.1 Å². The summed E-state index contributed by atoms with van der Waals surface area (Å²) in [5.74, 6) is 0.563. The van der Waals surface area contributed by atoms with Crippen molar-refractivity contribution in [2.24, 2.45) is 0 Å². The van der Waals surface area contributed by atoms with Gasteiger partial charge in [0.2, 0.25) is 0 Å². The van der Waals surface area contributed by atoms with Crippen LogP contribution in [-0.4, -0.2) is 45.7 Å². The van der Waals surface area contributed by atoms with Crippen LogP contribution in [0.15, 0.2) is 18.2 Å². The number of carbonyl (C=O) groups excluding carboxylic acids is 1. The summed E-state index contributed by atoms with van der Waals surface area (Å²) < 4.78 is 5.30. The first-order chi connectivity index (χ1) is 10.2. The van der Waals surface area contributed by atoms with Gasteiger partial charge >= 0.3 is 0 Å². The summed E-state index contributed by atoms with van der Waals surface area (Å²) in [5.41, 5.74) is 1.50. The molecule has 1 aliphatic heterocycles. The fourth-order valence-electron chi connectivity index (χ4n) is 2.90. The smallest absolute Gasteiger partial charge is 0.255 e. The number of methoxy groups -OCH3 is 1. The Kier molecular flexibility index (Phi) is 5.44. The zero-order valence-corrected chi connectivity index (χ0v) is 13.2. The third kappa shape index (κ3) is 3.88. The maximum Gasteiger partial charge on any atom is 0.255 e. The second-order valence-electron chi connectivity index (χ2n) is 5.54. The number of piperidine rings is 1. The van der Waals surface area contributed by atoms with Gasteiger partial charge in [-0.2, -0.15) is 0 Å². The lowest BCUT2D eigenvalue weighted by Crippen LogP contribution is -3.14. The van der Waals surface area contributed by atoms with Gasteiger partial charge < -0.3 is 20.3 Å². The number of ether oxygens (including phenoxy) is 1. The monoisotopic (exact) mass is 292 g/mol. The highest BCUT2D eigenvalue weighted by Gasteiger charge is 2.24. The summed E-state index contributed by atoms with van der Waals surface area (Å²) in [6.45, 7) is 5.53. The quantitative estimate of drug-likeness (QED) is 0.742. The molecule has 116 valence electrons. The van der Waals surface area contributed by atoms with Gasteiger partial charge in [0.05, 0.1) is 38.3 Å². The number of amides is 1. The molecule has 1 unspecified atom stereocenters. The molecule has 3 N–H and O–H groups in total. The zero-order chi connectivity index (χ0) is 15.2. The van der Waals surface area contributed by atoms with E-state index in [9.17, 15) is 4.79 Å². The maximum absolute atomic E-state index is 12.5. The Morgan fingerprint density at radius 2 is 2.29 bits per heavy atom. The largest absolute Gasteiger partial charge is 0.496 e. The number of likely N-dealkylation sites (tertiary alicyclic amines) is 1. The lowest BCUT2D eigenvalue weighted by molar-refractivity contribution is -0.904. The van der Waals surface area contributed by atoms with Crippen molar-refractivity contribution in [1.29, 1.82) is 0 Å². The molecule has 0 saturated carbocycles. The molecule has 2 rings (SSSR count). The zero-order valence-electron chi connectivity index (χ0n) is 13.2. The lowest BCUT2D eigenvalue weighted by Gasteiger charge is -2.29. The van der Waals surface area contributed by atoms with Crippen LogP contribution in [0, 0.1) is 0 Å². The summed E-state index contributed by atoms with van der Waals surface area (Å²) in [5, 5.41) is 6.21. The minimum atomic E-state index is -0.0497. The van der Waals surface area contributed by atoms with Crippen LogP contribution >= 0.6 is 0 Å². The van der Waals surface area contributed by atoms with Gasteiger partial charge in [-0.3, -0.25) is 4.79 Å². The van der Waals surface area contributed by atoms with E-state index in [2.05, 4.69) is 17.6 Å². The first kappa shape index (κ1) is 15.6. The molecule has 1 aliphatic rings. The summed E-state index contributed by atoms with van der Waals surface area (Å²) in [6.07, 6.45) is 2.23. The fourth-order valence-corrected chi connectivity index (χ4v) is 2.90. The SMILES string of the molecule is CC[NH+]1CCC[C@@H](NC(=O)c2cc(NC)ccc2OC)C1. The van der Waals surface area contributed by atoms with Gasteiger partial charge in [0.15, 0.2) is 0 Å². The molecule has 21 heavy (non-hydrogen) atoms. The van der Waals surface area contributed by atoms with Crippen molar-refractivity contribution in [1.82, 2.24) is 5.32 Å². The first-order valence-electron chi connectivity index (χ1n) is 7.68. The molecule has 0 aliphatic carbocycles. The number of hydrogen-bond acceptors (Lipinski definition) is 3. The highest BCUT2D eigenvalue weighted by atomic mass is 16.5. The second-order valence-corrected chi connectivity index (χ2v) is 5.54. The Labute approximate surface area is 126 Å². The van der Waals surface area contributed by atoms with Crippen molar-refractivity contribution in [3.8, 4) is 5.75 Å². The van der Waals surface area contributed by atoms with Crippen LogP contribution in [-0.2, 0) is 0 Å². The highest BCUT2D eigenvalue weighted by Crippen LogP contribution is 2.22. The minimum absolute atomic E-state index is 0.0497. The topological polar surface area (TPSA) is 54.8 Å². The van der Waals surface area contributed by atoms with Gasteiger partial charge in [-0.15, -0.1) is 0 Å². The molecule has 0 spiro atoms. The number of rotatable bonds is 5. The molecule has 1 aromatic carbocycles. The molecule has 0 radical (unpaired) electrons. The predicted molar refractivity (Wildman–Crippen MR) is 84.3 cm³/mol. The lowest BCUT2D eigenvalue weighted by atomic mass is 10.0. The minimum Gasteiger partial charge on any atom is -0.496 e. The summed E-state index contributed by atoms with van der Waals surface area (Å²) in [6, 6.07) is 5.82. The summed E-state index contributed by atoms with van der Waals surface area (Å²) >= 11 is 0. The van der Waals surface area contributed by atoms with Crippen LogP contribution in [0.25, 0.3) is 0 Å².